The summed E-state index contributed by atoms with van der Waals surface area (Å²) in [6, 6.07) is 6.90. The zero-order chi connectivity index (χ0) is 13.8. The van der Waals surface area contributed by atoms with E-state index in [4.69, 9.17) is 16.3 Å². The Hall–Kier alpha value is -1.66. The van der Waals surface area contributed by atoms with Crippen molar-refractivity contribution in [2.75, 3.05) is 11.8 Å². The van der Waals surface area contributed by atoms with Crippen LogP contribution in [0.5, 0.6) is 5.88 Å². The van der Waals surface area contributed by atoms with Crippen LogP contribution in [0.25, 0.3) is 0 Å². The smallest absolute Gasteiger partial charge is 0.237 e. The Balaban J connectivity index is 2.22. The number of ether oxygens (including phenoxy) is 1. The summed E-state index contributed by atoms with van der Waals surface area (Å²) in [5.74, 6) is 0.752. The van der Waals surface area contributed by atoms with Crippen LogP contribution in [0.2, 0.25) is 5.02 Å². The van der Waals surface area contributed by atoms with Crippen LogP contribution in [-0.2, 0) is 11.0 Å². The van der Waals surface area contributed by atoms with Crippen LogP contribution in [0.4, 0.5) is 5.82 Å². The third kappa shape index (κ3) is 3.21. The third-order valence-electron chi connectivity index (χ3n) is 2.34. The van der Waals surface area contributed by atoms with Gasteiger partial charge in [0.2, 0.25) is 5.88 Å². The van der Waals surface area contributed by atoms with Crippen molar-refractivity contribution in [2.45, 2.75) is 11.8 Å². The van der Waals surface area contributed by atoms with Crippen LogP contribution < -0.4 is 9.46 Å². The largest absolute Gasteiger partial charge is 0.480 e. The van der Waals surface area contributed by atoms with Gasteiger partial charge in [-0.3, -0.25) is 9.71 Å². The van der Waals surface area contributed by atoms with Crippen molar-refractivity contribution in [3.8, 4) is 5.88 Å². The molecule has 0 radical (unpaired) electrons. The van der Waals surface area contributed by atoms with Gasteiger partial charge in [-0.1, -0.05) is 23.7 Å². The molecule has 1 heterocycles. The summed E-state index contributed by atoms with van der Waals surface area (Å²) in [6.45, 7) is 1.78. The number of methoxy groups -OCH3 is 1. The maximum Gasteiger partial charge on any atom is 0.237 e. The molecular formula is C12H12ClN3O2S. The van der Waals surface area contributed by atoms with Crippen molar-refractivity contribution in [3.05, 3.63) is 41.2 Å². The lowest BCUT2D eigenvalue weighted by molar-refractivity contribution is 0.392. The fraction of sp³-hybridized carbons (Fsp3) is 0.167. The number of aryl methyl sites for hydroxylation is 1. The number of anilines is 1. The Bertz CT molecular complexity index is 622. The van der Waals surface area contributed by atoms with E-state index < -0.39 is 11.0 Å². The van der Waals surface area contributed by atoms with Crippen molar-refractivity contribution in [1.29, 1.82) is 0 Å². The Kier molecular flexibility index (Phi) is 4.34. The number of rotatable bonds is 4. The average Bonchev–Trinajstić information content (AvgIpc) is 2.41. The van der Waals surface area contributed by atoms with Crippen LogP contribution in [0.3, 0.4) is 0 Å². The summed E-state index contributed by atoms with van der Waals surface area (Å²) in [7, 11) is 0.00295. The number of halogens is 1. The second kappa shape index (κ2) is 5.99. The molecule has 0 fully saturated rings. The number of aromatic nitrogens is 2. The highest BCUT2D eigenvalue weighted by Gasteiger charge is 2.10. The van der Waals surface area contributed by atoms with E-state index in [0.717, 1.165) is 0 Å². The lowest BCUT2D eigenvalue weighted by Crippen LogP contribution is -2.08. The van der Waals surface area contributed by atoms with E-state index in [9.17, 15) is 4.21 Å². The zero-order valence-corrected chi connectivity index (χ0v) is 12.0. The monoisotopic (exact) mass is 297 g/mol. The van der Waals surface area contributed by atoms with Crippen LogP contribution in [0.1, 0.15) is 5.69 Å². The molecule has 100 valence electrons. The first-order valence-electron chi connectivity index (χ1n) is 5.42. The number of nitrogens with one attached hydrogen (secondary N) is 1. The molecule has 5 nitrogen and oxygen atoms in total. The molecule has 0 aliphatic carbocycles. The molecule has 2 rings (SSSR count). The molecule has 0 spiro atoms. The van der Waals surface area contributed by atoms with Crippen molar-refractivity contribution in [1.82, 2.24) is 9.97 Å². The van der Waals surface area contributed by atoms with Crippen LogP contribution in [0.15, 0.2) is 35.4 Å². The maximum atomic E-state index is 12.1. The van der Waals surface area contributed by atoms with Crippen molar-refractivity contribution in [3.63, 3.8) is 0 Å². The van der Waals surface area contributed by atoms with E-state index in [-0.39, 0.29) is 0 Å². The highest BCUT2D eigenvalue weighted by atomic mass is 35.5. The Morgan fingerprint density at radius 1 is 1.37 bits per heavy atom. The zero-order valence-electron chi connectivity index (χ0n) is 10.4. The summed E-state index contributed by atoms with van der Waals surface area (Å²) < 4.78 is 19.9. The molecule has 2 aromatic rings. The predicted octanol–water partition coefficient (Wildman–Crippen LogP) is 2.58. The molecule has 1 unspecified atom stereocenters. The third-order valence-corrected chi connectivity index (χ3v) is 3.93. The standard InChI is InChI=1S/C12H12ClN3O2S/c1-8-12(18-2)15-11(7-14-8)16-19(17)10-6-4-3-5-9(10)13/h3-7H,1-2H3,(H,15,16). The molecule has 1 aromatic carbocycles. The fourth-order valence-corrected chi connectivity index (χ4v) is 2.61. The molecule has 1 aromatic heterocycles. The lowest BCUT2D eigenvalue weighted by atomic mass is 10.4. The first-order chi connectivity index (χ1) is 9.11. The van der Waals surface area contributed by atoms with Crippen LogP contribution in [-0.4, -0.2) is 21.3 Å². The second-order valence-electron chi connectivity index (χ2n) is 3.65. The number of hydrogen-bond donors (Lipinski definition) is 1. The molecule has 0 aliphatic heterocycles. The molecule has 1 N–H and O–H groups in total. The van der Waals surface area contributed by atoms with Crippen LogP contribution in [0, 0.1) is 6.92 Å². The topological polar surface area (TPSA) is 64.1 Å². The van der Waals surface area contributed by atoms with Gasteiger partial charge >= 0.3 is 0 Å². The Labute approximate surface area is 118 Å². The Morgan fingerprint density at radius 2 is 2.11 bits per heavy atom. The molecule has 0 aliphatic rings. The summed E-state index contributed by atoms with van der Waals surface area (Å²) in [5.41, 5.74) is 0.663. The van der Waals surface area contributed by atoms with E-state index in [1.54, 1.807) is 31.2 Å². The first kappa shape index (κ1) is 13.8. The molecular weight excluding hydrogens is 286 g/mol. The number of benzene rings is 1. The van der Waals surface area contributed by atoms with Gasteiger partial charge in [-0.15, -0.1) is 0 Å². The Morgan fingerprint density at radius 3 is 2.79 bits per heavy atom. The molecule has 0 saturated carbocycles. The van der Waals surface area contributed by atoms with Gasteiger partial charge in [0.05, 0.1) is 28.9 Å². The van der Waals surface area contributed by atoms with Gasteiger partial charge in [0, 0.05) is 0 Å². The van der Waals surface area contributed by atoms with E-state index in [1.807, 2.05) is 0 Å². The fourth-order valence-electron chi connectivity index (χ4n) is 1.42. The van der Waals surface area contributed by atoms with E-state index >= 15 is 0 Å². The van der Waals surface area contributed by atoms with Crippen molar-refractivity contribution in [2.24, 2.45) is 0 Å². The maximum absolute atomic E-state index is 12.1. The SMILES string of the molecule is COc1nc(NS(=O)c2ccccc2Cl)cnc1C. The van der Waals surface area contributed by atoms with E-state index in [2.05, 4.69) is 14.7 Å². The van der Waals surface area contributed by atoms with Gasteiger partial charge in [0.1, 0.15) is 0 Å². The molecule has 0 saturated heterocycles. The number of nitrogens with zero attached hydrogens (tertiary/aromatic N) is 2. The predicted molar refractivity (Wildman–Crippen MR) is 74.8 cm³/mol. The van der Waals surface area contributed by atoms with Gasteiger partial charge in [0.15, 0.2) is 16.8 Å². The highest BCUT2D eigenvalue weighted by molar-refractivity contribution is 7.86. The molecule has 0 amide bonds. The van der Waals surface area contributed by atoms with E-state index in [1.165, 1.54) is 13.3 Å². The molecule has 0 bridgehead atoms. The molecule has 19 heavy (non-hydrogen) atoms. The van der Waals surface area contributed by atoms with E-state index in [0.29, 0.717) is 27.3 Å². The lowest BCUT2D eigenvalue weighted by Gasteiger charge is -2.08. The second-order valence-corrected chi connectivity index (χ2v) is 5.24. The van der Waals surface area contributed by atoms with Gasteiger partial charge in [-0.25, -0.2) is 4.21 Å². The summed E-state index contributed by atoms with van der Waals surface area (Å²) in [6.07, 6.45) is 1.49. The minimum absolute atomic E-state index is 0.362. The molecule has 7 heteroatoms. The van der Waals surface area contributed by atoms with Crippen LogP contribution >= 0.6 is 11.6 Å². The van der Waals surface area contributed by atoms with Crippen molar-refractivity contribution >= 4 is 28.4 Å². The number of hydrogen-bond acceptors (Lipinski definition) is 4. The summed E-state index contributed by atoms with van der Waals surface area (Å²) in [4.78, 5) is 8.75. The summed E-state index contributed by atoms with van der Waals surface area (Å²) in [5, 5.41) is 0.431. The quantitative estimate of drug-likeness (QED) is 0.942. The highest BCUT2D eigenvalue weighted by Crippen LogP contribution is 2.21. The average molecular weight is 298 g/mol. The minimum atomic E-state index is -1.50. The minimum Gasteiger partial charge on any atom is -0.480 e. The normalized spacial score (nSPS) is 11.9. The van der Waals surface area contributed by atoms with Crippen molar-refractivity contribution < 1.29 is 8.95 Å². The first-order valence-corrected chi connectivity index (χ1v) is 6.95. The van der Waals surface area contributed by atoms with Gasteiger partial charge in [0.25, 0.3) is 0 Å². The van der Waals surface area contributed by atoms with Gasteiger partial charge in [-0.05, 0) is 19.1 Å². The van der Waals surface area contributed by atoms with Gasteiger partial charge in [-0.2, -0.15) is 4.98 Å². The van der Waals surface area contributed by atoms with Gasteiger partial charge < -0.3 is 4.74 Å². The molecule has 1 atom stereocenters. The summed E-state index contributed by atoms with van der Waals surface area (Å²) >= 11 is 5.98.